The van der Waals surface area contributed by atoms with Gasteiger partial charge in [0.05, 0.1) is 46.9 Å². The lowest BCUT2D eigenvalue weighted by Crippen LogP contribution is -2.27. The molecule has 3 rings (SSSR count). The molecule has 0 aromatic heterocycles. The molecular formula is C22H18Cl2FN3O4S. The van der Waals surface area contributed by atoms with Gasteiger partial charge in [-0.3, -0.25) is 4.79 Å². The molecule has 172 valence electrons. The van der Waals surface area contributed by atoms with Gasteiger partial charge in [-0.25, -0.2) is 13.5 Å². The fraction of sp³-hybridized carbons (Fsp3) is 0.0909. The van der Waals surface area contributed by atoms with Gasteiger partial charge in [0.1, 0.15) is 17.3 Å². The fourth-order valence-electron chi connectivity index (χ4n) is 2.82. The average Bonchev–Trinajstić information content (AvgIpc) is 2.80. The van der Waals surface area contributed by atoms with Gasteiger partial charge in [-0.15, -0.1) is 0 Å². The Labute approximate surface area is 204 Å². The number of hydrogen-bond donors (Lipinski definition) is 3. The van der Waals surface area contributed by atoms with Crippen LogP contribution in [0.15, 0.2) is 54.6 Å². The Balaban J connectivity index is 1.75. The van der Waals surface area contributed by atoms with E-state index >= 15 is 0 Å². The second-order valence-electron chi connectivity index (χ2n) is 6.53. The van der Waals surface area contributed by atoms with Crippen molar-refractivity contribution in [2.75, 3.05) is 29.2 Å². The van der Waals surface area contributed by atoms with Crippen molar-refractivity contribution >= 4 is 65.0 Å². The molecular weight excluding hydrogens is 492 g/mol. The molecule has 0 heterocycles. The number of hydrogen-bond acceptors (Lipinski definition) is 5. The van der Waals surface area contributed by atoms with Gasteiger partial charge in [-0.2, -0.15) is 0 Å². The zero-order valence-electron chi connectivity index (χ0n) is 17.4. The number of benzene rings is 3. The van der Waals surface area contributed by atoms with E-state index in [1.54, 1.807) is 6.07 Å². The number of nitrogens with zero attached hydrogens (tertiary/aromatic N) is 1. The average molecular weight is 510 g/mol. The first kappa shape index (κ1) is 24.5. The van der Waals surface area contributed by atoms with Crippen molar-refractivity contribution in [2.24, 2.45) is 0 Å². The minimum absolute atomic E-state index is 0.120. The molecule has 0 aliphatic carbocycles. The van der Waals surface area contributed by atoms with E-state index in [1.807, 2.05) is 0 Å². The monoisotopic (exact) mass is 509 g/mol. The Morgan fingerprint density at radius 1 is 0.909 bits per heavy atom. The molecule has 0 spiro atoms. The number of amides is 3. The summed E-state index contributed by atoms with van der Waals surface area (Å²) in [5.41, 5.74) is 0.717. The number of rotatable bonds is 6. The van der Waals surface area contributed by atoms with E-state index in [0.717, 1.165) is 4.31 Å². The summed E-state index contributed by atoms with van der Waals surface area (Å²) >= 11 is 16.6. The van der Waals surface area contributed by atoms with Gasteiger partial charge in [-0.1, -0.05) is 48.1 Å². The second kappa shape index (κ2) is 10.7. The number of carbonyl (C=O) groups is 2. The highest BCUT2D eigenvalue weighted by Crippen LogP contribution is 2.36. The molecule has 3 aromatic rings. The number of nitrogens with one attached hydrogen (secondary N) is 2. The lowest BCUT2D eigenvalue weighted by Gasteiger charge is -2.19. The zero-order chi connectivity index (χ0) is 24.1. The van der Waals surface area contributed by atoms with Gasteiger partial charge < -0.3 is 20.1 Å². The highest BCUT2D eigenvalue weighted by atomic mass is 35.5. The van der Waals surface area contributed by atoms with Crippen molar-refractivity contribution in [1.29, 1.82) is 0 Å². The first-order chi connectivity index (χ1) is 15.7. The predicted octanol–water partition coefficient (Wildman–Crippen LogP) is 6.29. The van der Waals surface area contributed by atoms with Gasteiger partial charge >= 0.3 is 6.03 Å². The van der Waals surface area contributed by atoms with Crippen molar-refractivity contribution in [3.8, 4) is 11.5 Å². The molecule has 0 aliphatic rings. The zero-order valence-corrected chi connectivity index (χ0v) is 19.8. The van der Waals surface area contributed by atoms with E-state index in [0.29, 0.717) is 22.9 Å². The SMILES string of the molecule is COc1cc(OC)c(NC(=O)N(S)c2ccc(NC(=O)c3ccccc3F)c(Cl)c2)cc1Cl. The van der Waals surface area contributed by atoms with Crippen molar-refractivity contribution in [1.82, 2.24) is 0 Å². The maximum Gasteiger partial charge on any atom is 0.336 e. The summed E-state index contributed by atoms with van der Waals surface area (Å²) in [6.45, 7) is 0. The van der Waals surface area contributed by atoms with Crippen LogP contribution in [0.5, 0.6) is 11.5 Å². The van der Waals surface area contributed by atoms with E-state index in [4.69, 9.17) is 32.7 Å². The number of ether oxygens (including phenoxy) is 2. The summed E-state index contributed by atoms with van der Waals surface area (Å²) in [6, 6.07) is 12.3. The Bertz CT molecular complexity index is 1210. The molecule has 0 atom stereocenters. The van der Waals surface area contributed by atoms with E-state index in [2.05, 4.69) is 23.4 Å². The third-order valence-electron chi connectivity index (χ3n) is 4.47. The van der Waals surface area contributed by atoms with Crippen LogP contribution in [0.2, 0.25) is 10.0 Å². The molecule has 11 heteroatoms. The fourth-order valence-corrected chi connectivity index (χ4v) is 3.45. The molecule has 2 N–H and O–H groups in total. The molecule has 0 aliphatic heterocycles. The molecule has 3 amide bonds. The van der Waals surface area contributed by atoms with Crippen LogP contribution in [0, 0.1) is 5.82 Å². The topological polar surface area (TPSA) is 79.9 Å². The molecule has 0 saturated heterocycles. The number of thiol groups is 1. The van der Waals surface area contributed by atoms with Gasteiger partial charge in [0.15, 0.2) is 0 Å². The summed E-state index contributed by atoms with van der Waals surface area (Å²) in [4.78, 5) is 25.0. The van der Waals surface area contributed by atoms with Crippen LogP contribution in [0.4, 0.5) is 26.2 Å². The highest BCUT2D eigenvalue weighted by Gasteiger charge is 2.19. The van der Waals surface area contributed by atoms with Crippen LogP contribution in [-0.4, -0.2) is 26.2 Å². The first-order valence-electron chi connectivity index (χ1n) is 9.32. The van der Waals surface area contributed by atoms with Crippen molar-refractivity contribution in [2.45, 2.75) is 0 Å². The molecule has 0 fully saturated rings. The summed E-state index contributed by atoms with van der Waals surface area (Å²) in [6.07, 6.45) is 0. The van der Waals surface area contributed by atoms with Gasteiger partial charge in [0.2, 0.25) is 0 Å². The largest absolute Gasteiger partial charge is 0.495 e. The number of methoxy groups -OCH3 is 2. The Morgan fingerprint density at radius 2 is 1.61 bits per heavy atom. The Kier molecular flexibility index (Phi) is 7.91. The van der Waals surface area contributed by atoms with Crippen LogP contribution < -0.4 is 24.4 Å². The van der Waals surface area contributed by atoms with Crippen LogP contribution in [0.25, 0.3) is 0 Å². The minimum Gasteiger partial charge on any atom is -0.495 e. The smallest absolute Gasteiger partial charge is 0.336 e. The number of anilines is 3. The second-order valence-corrected chi connectivity index (χ2v) is 7.74. The van der Waals surface area contributed by atoms with Crippen LogP contribution in [-0.2, 0) is 0 Å². The third kappa shape index (κ3) is 5.62. The van der Waals surface area contributed by atoms with E-state index in [1.165, 1.54) is 62.8 Å². The molecule has 0 radical (unpaired) electrons. The quantitative estimate of drug-likeness (QED) is 0.341. The van der Waals surface area contributed by atoms with Gasteiger partial charge in [0.25, 0.3) is 5.91 Å². The maximum atomic E-state index is 13.8. The van der Waals surface area contributed by atoms with Crippen LogP contribution >= 0.6 is 36.0 Å². The van der Waals surface area contributed by atoms with Crippen LogP contribution in [0.1, 0.15) is 10.4 Å². The van der Waals surface area contributed by atoms with Crippen molar-refractivity contribution in [3.05, 3.63) is 76.0 Å². The maximum absolute atomic E-state index is 13.8. The predicted molar refractivity (Wildman–Crippen MR) is 131 cm³/mol. The number of urea groups is 1. The Hall–Kier alpha value is -3.14. The first-order valence-corrected chi connectivity index (χ1v) is 10.5. The molecule has 7 nitrogen and oxygen atoms in total. The molecule has 0 unspecified atom stereocenters. The normalized spacial score (nSPS) is 10.4. The van der Waals surface area contributed by atoms with Gasteiger partial charge in [0, 0.05) is 6.07 Å². The lowest BCUT2D eigenvalue weighted by atomic mass is 10.2. The van der Waals surface area contributed by atoms with E-state index in [9.17, 15) is 14.0 Å². The molecule has 0 saturated carbocycles. The lowest BCUT2D eigenvalue weighted by molar-refractivity contribution is 0.102. The minimum atomic E-state index is -0.660. The molecule has 33 heavy (non-hydrogen) atoms. The van der Waals surface area contributed by atoms with Crippen molar-refractivity contribution in [3.63, 3.8) is 0 Å². The summed E-state index contributed by atoms with van der Waals surface area (Å²) in [7, 11) is 2.89. The third-order valence-corrected chi connectivity index (χ3v) is 5.49. The van der Waals surface area contributed by atoms with E-state index < -0.39 is 17.8 Å². The molecule has 0 bridgehead atoms. The van der Waals surface area contributed by atoms with Crippen molar-refractivity contribution < 1.29 is 23.5 Å². The van der Waals surface area contributed by atoms with Gasteiger partial charge in [-0.05, 0) is 36.4 Å². The molecule has 3 aromatic carbocycles. The summed E-state index contributed by atoms with van der Waals surface area (Å²) in [5, 5.41) is 5.57. The Morgan fingerprint density at radius 3 is 2.24 bits per heavy atom. The van der Waals surface area contributed by atoms with E-state index in [-0.39, 0.29) is 21.3 Å². The number of halogens is 3. The summed E-state index contributed by atoms with van der Waals surface area (Å²) in [5.74, 6) is -0.605. The highest BCUT2D eigenvalue weighted by molar-refractivity contribution is 7.82. The standard InChI is InChI=1S/C22H18Cl2FN3O4S/c1-31-19-11-20(32-2)18(10-15(19)24)27-22(30)28(33)12-7-8-17(14(23)9-12)26-21(29)13-5-3-4-6-16(13)25/h3-11,33H,1-2H3,(H,26,29)(H,27,30). The van der Waals surface area contributed by atoms with Crippen LogP contribution in [0.3, 0.4) is 0 Å². The summed E-state index contributed by atoms with van der Waals surface area (Å²) < 4.78 is 25.2. The number of carbonyl (C=O) groups excluding carboxylic acids is 2.